The van der Waals surface area contributed by atoms with Crippen LogP contribution >= 0.6 is 0 Å². The highest BCUT2D eigenvalue weighted by Gasteiger charge is 2.19. The first-order valence-electron chi connectivity index (χ1n) is 8.02. The van der Waals surface area contributed by atoms with Gasteiger partial charge >= 0.3 is 0 Å². The summed E-state index contributed by atoms with van der Waals surface area (Å²) in [6.45, 7) is 8.31. The van der Waals surface area contributed by atoms with Gasteiger partial charge in [0.2, 0.25) is 5.91 Å². The van der Waals surface area contributed by atoms with E-state index in [0.29, 0.717) is 12.6 Å². The number of likely N-dealkylation sites (N-methyl/N-ethyl adjacent to an activating group) is 1. The Bertz CT molecular complexity index is 277. The molecule has 4 heteroatoms. The first-order valence-corrected chi connectivity index (χ1v) is 8.02. The SMILES string of the molecule is CCN1CCCN(CC(=O)NC2CCCCC2)CC1. The third-order valence-corrected chi connectivity index (χ3v) is 4.47. The standard InChI is InChI=1S/C15H29N3O/c1-2-17-9-6-10-18(12-11-17)13-15(19)16-14-7-4-3-5-8-14/h14H,2-13H2,1H3,(H,16,19). The van der Waals surface area contributed by atoms with Crippen molar-refractivity contribution in [2.75, 3.05) is 39.3 Å². The van der Waals surface area contributed by atoms with Gasteiger partial charge in [0.25, 0.3) is 0 Å². The zero-order chi connectivity index (χ0) is 13.5. The summed E-state index contributed by atoms with van der Waals surface area (Å²) in [7, 11) is 0. The van der Waals surface area contributed by atoms with E-state index in [1.54, 1.807) is 0 Å². The molecular formula is C15H29N3O. The Kier molecular flexibility index (Phi) is 6.11. The topological polar surface area (TPSA) is 35.6 Å². The molecule has 0 spiro atoms. The van der Waals surface area contributed by atoms with Crippen molar-refractivity contribution < 1.29 is 4.79 Å². The molecule has 1 aliphatic heterocycles. The lowest BCUT2D eigenvalue weighted by molar-refractivity contribution is -0.123. The maximum Gasteiger partial charge on any atom is 0.234 e. The summed E-state index contributed by atoms with van der Waals surface area (Å²) < 4.78 is 0. The van der Waals surface area contributed by atoms with Gasteiger partial charge < -0.3 is 10.2 Å². The van der Waals surface area contributed by atoms with E-state index in [0.717, 1.165) is 26.2 Å². The molecule has 19 heavy (non-hydrogen) atoms. The van der Waals surface area contributed by atoms with Crippen LogP contribution in [0.2, 0.25) is 0 Å². The highest BCUT2D eigenvalue weighted by atomic mass is 16.2. The first kappa shape index (κ1) is 14.8. The molecule has 1 amide bonds. The third kappa shape index (κ3) is 5.11. The van der Waals surface area contributed by atoms with Crippen molar-refractivity contribution in [1.82, 2.24) is 15.1 Å². The molecule has 1 heterocycles. The second-order valence-electron chi connectivity index (χ2n) is 5.97. The summed E-state index contributed by atoms with van der Waals surface area (Å²) in [4.78, 5) is 16.9. The molecular weight excluding hydrogens is 238 g/mol. The van der Waals surface area contributed by atoms with Crippen LogP contribution in [0.3, 0.4) is 0 Å². The van der Waals surface area contributed by atoms with Gasteiger partial charge in [0, 0.05) is 19.1 Å². The molecule has 1 aliphatic carbocycles. The number of nitrogens with zero attached hydrogens (tertiary/aromatic N) is 2. The van der Waals surface area contributed by atoms with Gasteiger partial charge in [-0.3, -0.25) is 9.69 Å². The van der Waals surface area contributed by atoms with Crippen LogP contribution in [-0.2, 0) is 4.79 Å². The number of hydrogen-bond donors (Lipinski definition) is 1. The lowest BCUT2D eigenvalue weighted by Gasteiger charge is -2.25. The summed E-state index contributed by atoms with van der Waals surface area (Å²) in [5.74, 6) is 0.233. The zero-order valence-corrected chi connectivity index (χ0v) is 12.4. The van der Waals surface area contributed by atoms with E-state index < -0.39 is 0 Å². The quantitative estimate of drug-likeness (QED) is 0.838. The van der Waals surface area contributed by atoms with Crippen LogP contribution in [0.15, 0.2) is 0 Å². The van der Waals surface area contributed by atoms with Gasteiger partial charge in [-0.05, 0) is 38.9 Å². The minimum atomic E-state index is 0.233. The number of rotatable bonds is 4. The maximum atomic E-state index is 12.1. The first-order chi connectivity index (χ1) is 9.28. The molecule has 110 valence electrons. The predicted molar refractivity (Wildman–Crippen MR) is 78.2 cm³/mol. The second kappa shape index (κ2) is 7.85. The molecule has 0 aromatic carbocycles. The Morgan fingerprint density at radius 2 is 1.68 bits per heavy atom. The smallest absolute Gasteiger partial charge is 0.234 e. The molecule has 1 N–H and O–H groups in total. The van der Waals surface area contributed by atoms with Gasteiger partial charge in [-0.2, -0.15) is 0 Å². The fourth-order valence-electron chi connectivity index (χ4n) is 3.22. The fraction of sp³-hybridized carbons (Fsp3) is 0.933. The summed E-state index contributed by atoms with van der Waals surface area (Å²) in [5, 5.41) is 3.22. The van der Waals surface area contributed by atoms with Crippen LogP contribution in [0.5, 0.6) is 0 Å². The van der Waals surface area contributed by atoms with E-state index in [-0.39, 0.29) is 5.91 Å². The van der Waals surface area contributed by atoms with Crippen LogP contribution in [0.4, 0.5) is 0 Å². The van der Waals surface area contributed by atoms with Crippen molar-refractivity contribution in [2.24, 2.45) is 0 Å². The Morgan fingerprint density at radius 3 is 2.42 bits per heavy atom. The molecule has 2 fully saturated rings. The monoisotopic (exact) mass is 267 g/mol. The van der Waals surface area contributed by atoms with E-state index in [9.17, 15) is 4.79 Å². The van der Waals surface area contributed by atoms with E-state index >= 15 is 0 Å². The van der Waals surface area contributed by atoms with Crippen LogP contribution in [-0.4, -0.2) is 61.0 Å². The number of carbonyl (C=O) groups is 1. The minimum Gasteiger partial charge on any atom is -0.352 e. The number of amides is 1. The fourth-order valence-corrected chi connectivity index (χ4v) is 3.22. The normalized spacial score (nSPS) is 24.1. The molecule has 0 unspecified atom stereocenters. The van der Waals surface area contributed by atoms with Gasteiger partial charge in [-0.1, -0.05) is 26.2 Å². The molecule has 0 bridgehead atoms. The van der Waals surface area contributed by atoms with E-state index in [4.69, 9.17) is 0 Å². The van der Waals surface area contributed by atoms with Crippen molar-refractivity contribution >= 4 is 5.91 Å². The molecule has 0 radical (unpaired) electrons. The maximum absolute atomic E-state index is 12.1. The van der Waals surface area contributed by atoms with Gasteiger partial charge in [-0.25, -0.2) is 0 Å². The molecule has 2 rings (SSSR count). The number of carbonyl (C=O) groups excluding carboxylic acids is 1. The van der Waals surface area contributed by atoms with Gasteiger partial charge in [0.15, 0.2) is 0 Å². The average Bonchev–Trinajstić information content (AvgIpc) is 2.65. The Morgan fingerprint density at radius 1 is 1.00 bits per heavy atom. The van der Waals surface area contributed by atoms with Crippen molar-refractivity contribution in [3.8, 4) is 0 Å². The number of hydrogen-bond acceptors (Lipinski definition) is 3. The molecule has 2 aliphatic rings. The lowest BCUT2D eigenvalue weighted by atomic mass is 9.95. The van der Waals surface area contributed by atoms with Gasteiger partial charge in [0.05, 0.1) is 6.54 Å². The molecule has 0 aromatic rings. The van der Waals surface area contributed by atoms with Gasteiger partial charge in [-0.15, -0.1) is 0 Å². The highest BCUT2D eigenvalue weighted by molar-refractivity contribution is 5.78. The summed E-state index contributed by atoms with van der Waals surface area (Å²) in [6, 6.07) is 0.445. The zero-order valence-electron chi connectivity index (χ0n) is 12.4. The summed E-state index contributed by atoms with van der Waals surface area (Å²) in [6.07, 6.45) is 7.43. The molecule has 1 saturated carbocycles. The van der Waals surface area contributed by atoms with Crippen LogP contribution in [0.25, 0.3) is 0 Å². The Balaban J connectivity index is 1.69. The predicted octanol–water partition coefficient (Wildman–Crippen LogP) is 1.46. The van der Waals surface area contributed by atoms with E-state index in [1.807, 2.05) is 0 Å². The summed E-state index contributed by atoms with van der Waals surface area (Å²) in [5.41, 5.74) is 0. The van der Waals surface area contributed by atoms with Crippen molar-refractivity contribution in [3.05, 3.63) is 0 Å². The highest BCUT2D eigenvalue weighted by Crippen LogP contribution is 2.17. The van der Waals surface area contributed by atoms with Crippen molar-refractivity contribution in [2.45, 2.75) is 51.5 Å². The van der Waals surface area contributed by atoms with Crippen LogP contribution in [0.1, 0.15) is 45.4 Å². The molecule has 4 nitrogen and oxygen atoms in total. The minimum absolute atomic E-state index is 0.233. The van der Waals surface area contributed by atoms with E-state index in [1.165, 1.54) is 45.1 Å². The summed E-state index contributed by atoms with van der Waals surface area (Å²) >= 11 is 0. The van der Waals surface area contributed by atoms with Crippen LogP contribution < -0.4 is 5.32 Å². The average molecular weight is 267 g/mol. The Hall–Kier alpha value is -0.610. The van der Waals surface area contributed by atoms with E-state index in [2.05, 4.69) is 22.0 Å². The Labute approximate surface area is 117 Å². The largest absolute Gasteiger partial charge is 0.352 e. The third-order valence-electron chi connectivity index (χ3n) is 4.47. The van der Waals surface area contributed by atoms with Crippen molar-refractivity contribution in [3.63, 3.8) is 0 Å². The van der Waals surface area contributed by atoms with Crippen LogP contribution in [0, 0.1) is 0 Å². The molecule has 1 saturated heterocycles. The molecule has 0 atom stereocenters. The van der Waals surface area contributed by atoms with Gasteiger partial charge in [0.1, 0.15) is 0 Å². The lowest BCUT2D eigenvalue weighted by Crippen LogP contribution is -2.43. The number of nitrogens with one attached hydrogen (secondary N) is 1. The molecule has 0 aromatic heterocycles. The second-order valence-corrected chi connectivity index (χ2v) is 5.97. The van der Waals surface area contributed by atoms with Crippen molar-refractivity contribution in [1.29, 1.82) is 0 Å².